The molecule has 0 fully saturated rings. The van der Waals surface area contributed by atoms with E-state index in [1.165, 1.54) is 0 Å². The highest BCUT2D eigenvalue weighted by Crippen LogP contribution is 2.19. The van der Waals surface area contributed by atoms with E-state index in [0.29, 0.717) is 11.6 Å². The molecule has 0 bridgehead atoms. The molecular weight excluding hydrogens is 274 g/mol. The summed E-state index contributed by atoms with van der Waals surface area (Å²) in [5, 5.41) is 6.51. The second-order valence-corrected chi connectivity index (χ2v) is 4.82. The first kappa shape index (κ1) is 14.3. The normalized spacial score (nSPS) is 10.1. The summed E-state index contributed by atoms with van der Waals surface area (Å²) in [5.41, 5.74) is 2.67. The highest BCUT2D eigenvalue weighted by atomic mass is 35.5. The van der Waals surface area contributed by atoms with Gasteiger partial charge < -0.3 is 10.6 Å². The molecule has 2 rings (SSSR count). The number of carbonyl (C=O) groups is 1. The third kappa shape index (κ3) is 4.24. The number of aromatic nitrogens is 1. The van der Waals surface area contributed by atoms with Crippen LogP contribution in [0.1, 0.15) is 11.3 Å². The maximum atomic E-state index is 11.7. The van der Waals surface area contributed by atoms with Crippen molar-refractivity contribution in [3.63, 3.8) is 0 Å². The van der Waals surface area contributed by atoms with Crippen LogP contribution in [0.2, 0.25) is 5.02 Å². The van der Waals surface area contributed by atoms with Crippen LogP contribution in [-0.4, -0.2) is 17.4 Å². The predicted octanol–water partition coefficient (Wildman–Crippen LogP) is 2.77. The number of nitrogens with zero attached hydrogens (tertiary/aromatic N) is 1. The summed E-state index contributed by atoms with van der Waals surface area (Å²) in [7, 11) is 0. The Morgan fingerprint density at radius 2 is 2.15 bits per heavy atom. The van der Waals surface area contributed by atoms with Gasteiger partial charge in [-0.2, -0.15) is 0 Å². The number of benzene rings is 1. The maximum Gasteiger partial charge on any atom is 0.239 e. The molecule has 1 heterocycles. The lowest BCUT2D eigenvalue weighted by Crippen LogP contribution is -2.29. The maximum absolute atomic E-state index is 11.7. The lowest BCUT2D eigenvalue weighted by Gasteiger charge is -2.08. The summed E-state index contributed by atoms with van der Waals surface area (Å²) in [5.74, 6) is -0.0904. The van der Waals surface area contributed by atoms with Gasteiger partial charge in [-0.05, 0) is 36.8 Å². The first-order chi connectivity index (χ1) is 9.65. The van der Waals surface area contributed by atoms with Crippen LogP contribution in [0.3, 0.4) is 0 Å². The van der Waals surface area contributed by atoms with Gasteiger partial charge in [-0.15, -0.1) is 0 Å². The van der Waals surface area contributed by atoms with Crippen LogP contribution < -0.4 is 10.6 Å². The summed E-state index contributed by atoms with van der Waals surface area (Å²) < 4.78 is 0. The van der Waals surface area contributed by atoms with Gasteiger partial charge in [-0.1, -0.05) is 23.7 Å². The minimum atomic E-state index is -0.0904. The summed E-state index contributed by atoms with van der Waals surface area (Å²) >= 11 is 6.02. The number of nitrogens with one attached hydrogen (secondary N) is 2. The van der Waals surface area contributed by atoms with Gasteiger partial charge in [0.25, 0.3) is 0 Å². The van der Waals surface area contributed by atoms with Crippen LogP contribution >= 0.6 is 11.6 Å². The van der Waals surface area contributed by atoms with E-state index < -0.39 is 0 Å². The first-order valence-electron chi connectivity index (χ1n) is 6.32. The Morgan fingerprint density at radius 3 is 2.85 bits per heavy atom. The molecule has 0 unspecified atom stereocenters. The van der Waals surface area contributed by atoms with Crippen molar-refractivity contribution in [2.24, 2.45) is 0 Å². The van der Waals surface area contributed by atoms with E-state index in [0.717, 1.165) is 16.9 Å². The van der Waals surface area contributed by atoms with E-state index in [1.54, 1.807) is 6.20 Å². The number of halogens is 1. The van der Waals surface area contributed by atoms with E-state index in [4.69, 9.17) is 11.6 Å². The minimum absolute atomic E-state index is 0.0904. The first-order valence-corrected chi connectivity index (χ1v) is 6.69. The van der Waals surface area contributed by atoms with Crippen LogP contribution in [-0.2, 0) is 11.3 Å². The molecule has 2 aromatic rings. The second kappa shape index (κ2) is 6.91. The molecule has 1 amide bonds. The van der Waals surface area contributed by atoms with Gasteiger partial charge >= 0.3 is 0 Å². The Bertz CT molecular complexity index is 587. The van der Waals surface area contributed by atoms with E-state index >= 15 is 0 Å². The molecule has 104 valence electrons. The van der Waals surface area contributed by atoms with E-state index in [2.05, 4.69) is 15.6 Å². The van der Waals surface area contributed by atoms with Crippen molar-refractivity contribution in [3.8, 4) is 0 Å². The van der Waals surface area contributed by atoms with Gasteiger partial charge in [0.1, 0.15) is 0 Å². The van der Waals surface area contributed by atoms with Crippen molar-refractivity contribution in [1.29, 1.82) is 0 Å². The smallest absolute Gasteiger partial charge is 0.239 e. The molecule has 0 aliphatic carbocycles. The van der Waals surface area contributed by atoms with Gasteiger partial charge in [0.05, 0.1) is 18.8 Å². The van der Waals surface area contributed by atoms with E-state index in [9.17, 15) is 4.79 Å². The summed E-state index contributed by atoms with van der Waals surface area (Å²) in [6.45, 7) is 2.56. The Hall–Kier alpha value is -2.07. The molecule has 4 nitrogen and oxygen atoms in total. The highest BCUT2D eigenvalue weighted by Gasteiger charge is 2.03. The number of aryl methyl sites for hydroxylation is 1. The van der Waals surface area contributed by atoms with Crippen molar-refractivity contribution in [1.82, 2.24) is 10.3 Å². The van der Waals surface area contributed by atoms with Gasteiger partial charge in [0, 0.05) is 16.9 Å². The lowest BCUT2D eigenvalue weighted by atomic mass is 10.2. The molecule has 0 saturated carbocycles. The van der Waals surface area contributed by atoms with Gasteiger partial charge in [-0.25, -0.2) is 0 Å². The van der Waals surface area contributed by atoms with Crippen LogP contribution in [0.4, 0.5) is 5.69 Å². The monoisotopic (exact) mass is 289 g/mol. The third-order valence-corrected chi connectivity index (χ3v) is 3.22. The Labute approximate surface area is 123 Å². The molecule has 0 radical (unpaired) electrons. The molecule has 20 heavy (non-hydrogen) atoms. The fraction of sp³-hybridized carbons (Fsp3) is 0.200. The number of carbonyl (C=O) groups excluding carboxylic acids is 1. The zero-order chi connectivity index (χ0) is 14.4. The van der Waals surface area contributed by atoms with Crippen LogP contribution in [0, 0.1) is 6.92 Å². The molecule has 0 aliphatic heterocycles. The molecule has 1 aromatic heterocycles. The molecule has 5 heteroatoms. The Kier molecular flexibility index (Phi) is 4.96. The number of amides is 1. The molecule has 0 saturated heterocycles. The number of hydrogen-bond acceptors (Lipinski definition) is 3. The van der Waals surface area contributed by atoms with Crippen molar-refractivity contribution in [2.75, 3.05) is 11.9 Å². The van der Waals surface area contributed by atoms with Crippen molar-refractivity contribution in [2.45, 2.75) is 13.5 Å². The SMILES string of the molecule is Cc1ccc(NCC(=O)NCc2ccccn2)cc1Cl. The fourth-order valence-electron chi connectivity index (χ4n) is 1.64. The molecule has 1 aromatic carbocycles. The molecular formula is C15H16ClN3O. The quantitative estimate of drug-likeness (QED) is 0.890. The number of rotatable bonds is 5. The van der Waals surface area contributed by atoms with Crippen LogP contribution in [0.25, 0.3) is 0 Å². The summed E-state index contributed by atoms with van der Waals surface area (Å²) in [6, 6.07) is 11.2. The Balaban J connectivity index is 1.79. The average Bonchev–Trinajstić information content (AvgIpc) is 2.47. The minimum Gasteiger partial charge on any atom is -0.376 e. The number of anilines is 1. The zero-order valence-electron chi connectivity index (χ0n) is 11.2. The summed E-state index contributed by atoms with van der Waals surface area (Å²) in [4.78, 5) is 15.8. The standard InChI is InChI=1S/C15H16ClN3O/c1-11-5-6-12(8-14(11)16)18-10-15(20)19-9-13-4-2-3-7-17-13/h2-8,18H,9-10H2,1H3,(H,19,20). The lowest BCUT2D eigenvalue weighted by molar-refractivity contribution is -0.119. The van der Waals surface area contributed by atoms with Crippen molar-refractivity contribution in [3.05, 3.63) is 58.9 Å². The average molecular weight is 290 g/mol. The Morgan fingerprint density at radius 1 is 1.30 bits per heavy atom. The van der Waals surface area contributed by atoms with Crippen molar-refractivity contribution >= 4 is 23.2 Å². The topological polar surface area (TPSA) is 54.0 Å². The number of pyridine rings is 1. The van der Waals surface area contributed by atoms with E-state index in [-0.39, 0.29) is 12.5 Å². The largest absolute Gasteiger partial charge is 0.376 e. The third-order valence-electron chi connectivity index (χ3n) is 2.82. The predicted molar refractivity (Wildman–Crippen MR) is 80.8 cm³/mol. The summed E-state index contributed by atoms with van der Waals surface area (Å²) in [6.07, 6.45) is 1.70. The second-order valence-electron chi connectivity index (χ2n) is 4.42. The van der Waals surface area contributed by atoms with E-state index in [1.807, 2.05) is 43.3 Å². The van der Waals surface area contributed by atoms with Crippen LogP contribution in [0.5, 0.6) is 0 Å². The zero-order valence-corrected chi connectivity index (χ0v) is 11.9. The highest BCUT2D eigenvalue weighted by molar-refractivity contribution is 6.31. The van der Waals surface area contributed by atoms with Crippen LogP contribution in [0.15, 0.2) is 42.6 Å². The molecule has 0 atom stereocenters. The molecule has 0 spiro atoms. The van der Waals surface area contributed by atoms with Gasteiger partial charge in [0.15, 0.2) is 0 Å². The number of hydrogen-bond donors (Lipinski definition) is 2. The van der Waals surface area contributed by atoms with Gasteiger partial charge in [0.2, 0.25) is 5.91 Å². The van der Waals surface area contributed by atoms with Crippen molar-refractivity contribution < 1.29 is 4.79 Å². The molecule has 2 N–H and O–H groups in total. The molecule has 0 aliphatic rings. The fourth-order valence-corrected chi connectivity index (χ4v) is 1.82. The van der Waals surface area contributed by atoms with Gasteiger partial charge in [-0.3, -0.25) is 9.78 Å².